The van der Waals surface area contributed by atoms with Crippen LogP contribution in [0.25, 0.3) is 21.8 Å². The molecule has 11 heteroatoms. The number of hydrogen-bond acceptors (Lipinski definition) is 7. The lowest BCUT2D eigenvalue weighted by Gasteiger charge is -2.18. The first-order valence-electron chi connectivity index (χ1n) is 11.6. The number of H-pyrrole nitrogens is 2. The van der Waals surface area contributed by atoms with Crippen LogP contribution in [-0.2, 0) is 4.74 Å². The van der Waals surface area contributed by atoms with Crippen LogP contribution in [0.1, 0.15) is 32.5 Å². The highest BCUT2D eigenvalue weighted by Crippen LogP contribution is 2.46. The van der Waals surface area contributed by atoms with Crippen LogP contribution in [0, 0.1) is 0 Å². The summed E-state index contributed by atoms with van der Waals surface area (Å²) in [4.78, 5) is 34.2. The molecule has 0 radical (unpaired) electrons. The van der Waals surface area contributed by atoms with Crippen LogP contribution in [0.5, 0.6) is 17.2 Å². The van der Waals surface area contributed by atoms with Crippen molar-refractivity contribution in [3.8, 4) is 17.2 Å². The second-order valence-electron chi connectivity index (χ2n) is 8.63. The van der Waals surface area contributed by atoms with Crippen LogP contribution in [0.3, 0.4) is 0 Å². The van der Waals surface area contributed by atoms with E-state index in [2.05, 4.69) is 15.3 Å². The predicted molar refractivity (Wildman–Crippen MR) is 142 cm³/mol. The minimum absolute atomic E-state index is 0.130. The summed E-state index contributed by atoms with van der Waals surface area (Å²) in [6.45, 7) is 0.387. The van der Waals surface area contributed by atoms with E-state index < -0.39 is 5.97 Å². The van der Waals surface area contributed by atoms with E-state index in [4.69, 9.17) is 30.5 Å². The third-order valence-electron chi connectivity index (χ3n) is 6.79. The van der Waals surface area contributed by atoms with Gasteiger partial charge in [-0.25, -0.2) is 4.79 Å². The Balaban J connectivity index is 1.65. The lowest BCUT2D eigenvalue weighted by Crippen LogP contribution is -2.30. The topological polar surface area (TPSA) is 118 Å². The third-order valence-corrected chi connectivity index (χ3v) is 7.17. The Morgan fingerprint density at radius 1 is 1.00 bits per heavy atom. The van der Waals surface area contributed by atoms with Crippen molar-refractivity contribution in [3.63, 3.8) is 0 Å². The predicted octanol–water partition coefficient (Wildman–Crippen LogP) is 4.49. The molecule has 0 spiro atoms. The standard InChI is InChI=1S/C26H27ClN4O6/c1-28-15-9-18-20(14-8-17(26(33)37-5)30-22(14)15)13(10-27)11-31(18)25(32)16-6-12-7-19(34-2)23(35-3)24(36-4)21(12)29-16/h6-9,13,28-30H,10-11H2,1-5H3. The maximum atomic E-state index is 13.9. The molecule has 194 valence electrons. The fourth-order valence-electron chi connectivity index (χ4n) is 5.11. The highest BCUT2D eigenvalue weighted by Gasteiger charge is 2.36. The molecule has 1 unspecified atom stereocenters. The van der Waals surface area contributed by atoms with Gasteiger partial charge in [-0.1, -0.05) is 0 Å². The molecule has 2 aromatic carbocycles. The van der Waals surface area contributed by atoms with Gasteiger partial charge in [0.1, 0.15) is 11.4 Å². The number of hydrogen-bond donors (Lipinski definition) is 3. The van der Waals surface area contributed by atoms with Gasteiger partial charge in [-0.3, -0.25) is 4.79 Å². The molecule has 1 atom stereocenters. The lowest BCUT2D eigenvalue weighted by atomic mass is 9.98. The van der Waals surface area contributed by atoms with Crippen molar-refractivity contribution in [1.82, 2.24) is 9.97 Å². The van der Waals surface area contributed by atoms with Gasteiger partial charge in [-0.15, -0.1) is 11.6 Å². The average Bonchev–Trinajstić information content (AvgIpc) is 3.64. The van der Waals surface area contributed by atoms with E-state index in [1.165, 1.54) is 21.3 Å². The van der Waals surface area contributed by atoms with Crippen LogP contribution in [0.4, 0.5) is 11.4 Å². The molecule has 4 aromatic rings. The fourth-order valence-corrected chi connectivity index (χ4v) is 5.36. The molecule has 5 rings (SSSR count). The first kappa shape index (κ1) is 24.6. The van der Waals surface area contributed by atoms with E-state index in [0.29, 0.717) is 46.6 Å². The number of carbonyl (C=O) groups is 2. The number of alkyl halides is 1. The first-order chi connectivity index (χ1) is 17.9. The Hall–Kier alpha value is -4.05. The number of fused-ring (bicyclic) bond motifs is 4. The van der Waals surface area contributed by atoms with Gasteiger partial charge >= 0.3 is 5.97 Å². The van der Waals surface area contributed by atoms with E-state index in [1.807, 2.05) is 6.07 Å². The number of esters is 1. The van der Waals surface area contributed by atoms with Crippen LogP contribution in [0.15, 0.2) is 24.3 Å². The minimum atomic E-state index is -0.474. The van der Waals surface area contributed by atoms with E-state index in [9.17, 15) is 9.59 Å². The van der Waals surface area contributed by atoms with Gasteiger partial charge in [-0.2, -0.15) is 0 Å². The number of nitrogens with one attached hydrogen (secondary N) is 3. The first-order valence-corrected chi connectivity index (χ1v) is 12.1. The lowest BCUT2D eigenvalue weighted by molar-refractivity contribution is 0.0595. The van der Waals surface area contributed by atoms with Crippen LogP contribution >= 0.6 is 11.6 Å². The van der Waals surface area contributed by atoms with Crippen molar-refractivity contribution in [2.24, 2.45) is 0 Å². The maximum absolute atomic E-state index is 13.9. The Labute approximate surface area is 217 Å². The highest BCUT2D eigenvalue weighted by atomic mass is 35.5. The van der Waals surface area contributed by atoms with Crippen LogP contribution in [0.2, 0.25) is 0 Å². The Bertz CT molecular complexity index is 1540. The molecule has 0 aliphatic carbocycles. The molecule has 10 nitrogen and oxygen atoms in total. The zero-order valence-corrected chi connectivity index (χ0v) is 21.8. The van der Waals surface area contributed by atoms with Gasteiger partial charge in [0.2, 0.25) is 5.75 Å². The summed E-state index contributed by atoms with van der Waals surface area (Å²) in [5, 5.41) is 4.71. The molecule has 1 aliphatic rings. The van der Waals surface area contributed by atoms with E-state index in [0.717, 1.165) is 33.2 Å². The van der Waals surface area contributed by atoms with Crippen molar-refractivity contribution < 1.29 is 28.5 Å². The Kier molecular flexibility index (Phi) is 6.28. The summed E-state index contributed by atoms with van der Waals surface area (Å²) in [6.07, 6.45) is 0. The van der Waals surface area contributed by atoms with Crippen LogP contribution < -0.4 is 24.4 Å². The zero-order chi connectivity index (χ0) is 26.4. The number of aromatic amines is 2. The number of halogens is 1. The molecule has 0 saturated carbocycles. The Morgan fingerprint density at radius 3 is 2.35 bits per heavy atom. The van der Waals surface area contributed by atoms with Gasteiger partial charge in [0.25, 0.3) is 5.91 Å². The van der Waals surface area contributed by atoms with Gasteiger partial charge in [0, 0.05) is 36.2 Å². The number of ether oxygens (including phenoxy) is 4. The molecule has 3 heterocycles. The molecule has 3 N–H and O–H groups in total. The summed E-state index contributed by atoms with van der Waals surface area (Å²) in [6, 6.07) is 7.20. The number of methoxy groups -OCH3 is 4. The summed E-state index contributed by atoms with van der Waals surface area (Å²) in [7, 11) is 7.72. The Morgan fingerprint density at radius 2 is 1.73 bits per heavy atom. The average molecular weight is 527 g/mol. The number of anilines is 2. The molecular weight excluding hydrogens is 500 g/mol. The number of nitrogens with zero attached hydrogens (tertiary/aromatic N) is 1. The van der Waals surface area contributed by atoms with Gasteiger partial charge in [0.05, 0.1) is 50.8 Å². The molecular formula is C26H27ClN4O6. The SMILES string of the molecule is CNc1cc2c(c3cc(C(=O)OC)[nH]c13)C(CCl)CN2C(=O)c1cc2cc(OC)c(OC)c(OC)c2[nH]1. The third kappa shape index (κ3) is 3.71. The van der Waals surface area contributed by atoms with Gasteiger partial charge in [0.15, 0.2) is 11.5 Å². The fraction of sp³-hybridized carbons (Fsp3) is 0.308. The minimum Gasteiger partial charge on any atom is -0.493 e. The number of carbonyl (C=O) groups excluding carboxylic acids is 2. The second-order valence-corrected chi connectivity index (χ2v) is 8.94. The molecule has 37 heavy (non-hydrogen) atoms. The molecule has 0 fully saturated rings. The summed E-state index contributed by atoms with van der Waals surface area (Å²) in [5.41, 5.74) is 4.44. The smallest absolute Gasteiger partial charge is 0.354 e. The quantitative estimate of drug-likeness (QED) is 0.240. The van der Waals surface area contributed by atoms with Crippen molar-refractivity contribution in [1.29, 1.82) is 0 Å². The highest BCUT2D eigenvalue weighted by molar-refractivity contribution is 6.19. The van der Waals surface area contributed by atoms with Gasteiger partial charge < -0.3 is 39.1 Å². The van der Waals surface area contributed by atoms with Crippen molar-refractivity contribution in [2.75, 3.05) is 58.1 Å². The number of amides is 1. The molecule has 0 bridgehead atoms. The number of benzene rings is 2. The van der Waals surface area contributed by atoms with E-state index >= 15 is 0 Å². The number of aromatic nitrogens is 2. The maximum Gasteiger partial charge on any atom is 0.354 e. The van der Waals surface area contributed by atoms with E-state index in [-0.39, 0.29) is 11.8 Å². The van der Waals surface area contributed by atoms with Crippen molar-refractivity contribution in [3.05, 3.63) is 41.2 Å². The molecule has 1 aliphatic heterocycles. The molecule has 2 aromatic heterocycles. The largest absolute Gasteiger partial charge is 0.493 e. The van der Waals surface area contributed by atoms with E-state index in [1.54, 1.807) is 37.3 Å². The summed E-state index contributed by atoms with van der Waals surface area (Å²) in [5.74, 6) is 0.842. The van der Waals surface area contributed by atoms with Crippen molar-refractivity contribution >= 4 is 56.7 Å². The van der Waals surface area contributed by atoms with Crippen molar-refractivity contribution in [2.45, 2.75) is 5.92 Å². The normalized spacial score (nSPS) is 14.6. The van der Waals surface area contributed by atoms with Gasteiger partial charge in [-0.05, 0) is 29.8 Å². The number of rotatable bonds is 7. The molecule has 0 saturated heterocycles. The second kappa shape index (κ2) is 9.44. The van der Waals surface area contributed by atoms with Crippen LogP contribution in [-0.4, -0.2) is 69.8 Å². The molecule has 1 amide bonds. The summed E-state index contributed by atoms with van der Waals surface area (Å²) >= 11 is 6.39. The zero-order valence-electron chi connectivity index (χ0n) is 21.1. The monoisotopic (exact) mass is 526 g/mol. The summed E-state index contributed by atoms with van der Waals surface area (Å²) < 4.78 is 21.4.